The summed E-state index contributed by atoms with van der Waals surface area (Å²) in [5, 5.41) is 8.55. The lowest BCUT2D eigenvalue weighted by molar-refractivity contribution is -0.274. The molecule has 0 spiro atoms. The number of thioether (sulfide) groups is 1. The first kappa shape index (κ1) is 26.8. The fraction of sp³-hybridized carbons (Fsp3) is 0.120. The Bertz CT molecular complexity index is 1370. The number of nitrogens with two attached hydrogens (primary N) is 1. The van der Waals surface area contributed by atoms with E-state index in [0.29, 0.717) is 34.3 Å². The standard InChI is InChI=1S/C25H19F5N6OS/c26-20-2-1-3-21(27)22(20)36-12-13-38-24(36)35-34-14-16-4-6-17(7-5-16)23(31)33-15-32-18-8-10-19(11-9-18)37-25(28,29)30/h1-11,14-15H,12-13H2,(H2,31,32,33)/b34-14-,35-24+. The summed E-state index contributed by atoms with van der Waals surface area (Å²) in [6, 6.07) is 15.5. The van der Waals surface area contributed by atoms with Gasteiger partial charge in [0.05, 0.1) is 11.9 Å². The molecular weight excluding hydrogens is 527 g/mol. The zero-order chi connectivity index (χ0) is 27.1. The minimum Gasteiger partial charge on any atom is -0.406 e. The van der Waals surface area contributed by atoms with Gasteiger partial charge in [0, 0.05) is 17.9 Å². The van der Waals surface area contributed by atoms with Gasteiger partial charge in [0.25, 0.3) is 0 Å². The highest BCUT2D eigenvalue weighted by molar-refractivity contribution is 8.14. The smallest absolute Gasteiger partial charge is 0.406 e. The van der Waals surface area contributed by atoms with E-state index in [1.807, 2.05) is 0 Å². The van der Waals surface area contributed by atoms with E-state index < -0.39 is 18.0 Å². The van der Waals surface area contributed by atoms with Crippen molar-refractivity contribution in [2.24, 2.45) is 25.9 Å². The van der Waals surface area contributed by atoms with Crippen molar-refractivity contribution >= 4 is 46.7 Å². The second kappa shape index (κ2) is 11.9. The van der Waals surface area contributed by atoms with Crippen LogP contribution in [-0.4, -0.2) is 42.2 Å². The number of anilines is 1. The highest BCUT2D eigenvalue weighted by Gasteiger charge is 2.31. The third kappa shape index (κ3) is 7.16. The van der Waals surface area contributed by atoms with Crippen LogP contribution in [0.1, 0.15) is 11.1 Å². The lowest BCUT2D eigenvalue weighted by atomic mass is 10.1. The molecule has 0 aliphatic carbocycles. The second-order valence-corrected chi connectivity index (χ2v) is 8.68. The summed E-state index contributed by atoms with van der Waals surface area (Å²) in [4.78, 5) is 9.52. The highest BCUT2D eigenvalue weighted by Crippen LogP contribution is 2.30. The first-order valence-corrected chi connectivity index (χ1v) is 12.0. The Kier molecular flexibility index (Phi) is 8.36. The molecule has 0 unspecified atom stereocenters. The average molecular weight is 547 g/mol. The third-order valence-corrected chi connectivity index (χ3v) is 5.96. The van der Waals surface area contributed by atoms with Gasteiger partial charge in [-0.3, -0.25) is 0 Å². The lowest BCUT2D eigenvalue weighted by Gasteiger charge is -2.18. The average Bonchev–Trinajstić information content (AvgIpc) is 3.32. The van der Waals surface area contributed by atoms with Crippen molar-refractivity contribution in [2.45, 2.75) is 6.36 Å². The molecule has 0 saturated carbocycles. The fourth-order valence-electron chi connectivity index (χ4n) is 3.29. The largest absolute Gasteiger partial charge is 0.573 e. The minimum absolute atomic E-state index is 0.151. The molecule has 7 nitrogen and oxygen atoms in total. The first-order chi connectivity index (χ1) is 18.2. The molecule has 1 saturated heterocycles. The Morgan fingerprint density at radius 2 is 1.66 bits per heavy atom. The Morgan fingerprint density at radius 3 is 2.32 bits per heavy atom. The number of amidine groups is 2. The molecule has 13 heteroatoms. The van der Waals surface area contributed by atoms with Crippen molar-refractivity contribution in [1.82, 2.24) is 0 Å². The van der Waals surface area contributed by atoms with Crippen LogP contribution in [0.15, 0.2) is 86.9 Å². The van der Waals surface area contributed by atoms with E-state index in [-0.39, 0.29) is 17.3 Å². The lowest BCUT2D eigenvalue weighted by Crippen LogP contribution is -2.25. The molecule has 1 fully saturated rings. The van der Waals surface area contributed by atoms with Gasteiger partial charge in [-0.2, -0.15) is 5.10 Å². The van der Waals surface area contributed by atoms with E-state index in [2.05, 4.69) is 24.9 Å². The van der Waals surface area contributed by atoms with Gasteiger partial charge in [-0.05, 0) is 42.0 Å². The number of nitrogens with zero attached hydrogens (tertiary/aromatic N) is 5. The van der Waals surface area contributed by atoms with Crippen LogP contribution in [-0.2, 0) is 0 Å². The van der Waals surface area contributed by atoms with Gasteiger partial charge >= 0.3 is 6.36 Å². The molecule has 0 aromatic heterocycles. The molecule has 1 aliphatic heterocycles. The molecule has 0 radical (unpaired) electrons. The Morgan fingerprint density at radius 1 is 0.974 bits per heavy atom. The molecule has 196 valence electrons. The summed E-state index contributed by atoms with van der Waals surface area (Å²) in [5.41, 5.74) is 7.48. The normalized spacial score (nSPS) is 15.8. The number of rotatable bonds is 7. The Labute approximate surface area is 218 Å². The second-order valence-electron chi connectivity index (χ2n) is 7.62. The molecule has 2 N–H and O–H groups in total. The van der Waals surface area contributed by atoms with Crippen LogP contribution in [0.3, 0.4) is 0 Å². The van der Waals surface area contributed by atoms with Crippen LogP contribution in [0, 0.1) is 11.6 Å². The number of ether oxygens (including phenoxy) is 1. The zero-order valence-corrected chi connectivity index (χ0v) is 20.3. The number of alkyl halides is 3. The molecule has 4 rings (SSSR count). The number of para-hydroxylation sites is 1. The number of hydrogen-bond acceptors (Lipinski definition) is 5. The van der Waals surface area contributed by atoms with E-state index in [4.69, 9.17) is 5.73 Å². The van der Waals surface area contributed by atoms with E-state index in [0.717, 1.165) is 12.1 Å². The van der Waals surface area contributed by atoms with Gasteiger partial charge in [0.15, 0.2) is 5.17 Å². The Balaban J connectivity index is 1.37. The maximum atomic E-state index is 14.1. The van der Waals surface area contributed by atoms with E-state index in [1.165, 1.54) is 59.5 Å². The molecule has 1 aliphatic rings. The molecular formula is C25H19F5N6OS. The molecule has 1 heterocycles. The minimum atomic E-state index is -4.77. The topological polar surface area (TPSA) is 87.9 Å². The van der Waals surface area contributed by atoms with Crippen molar-refractivity contribution in [3.05, 3.63) is 89.5 Å². The summed E-state index contributed by atoms with van der Waals surface area (Å²) in [6.07, 6.45) is -2.09. The quantitative estimate of drug-likeness (QED) is 0.174. The number of benzene rings is 3. The van der Waals surface area contributed by atoms with Gasteiger partial charge < -0.3 is 15.4 Å². The number of halogens is 5. The van der Waals surface area contributed by atoms with Crippen molar-refractivity contribution in [3.63, 3.8) is 0 Å². The van der Waals surface area contributed by atoms with Gasteiger partial charge in [0.2, 0.25) is 0 Å². The predicted molar refractivity (Wildman–Crippen MR) is 140 cm³/mol. The maximum Gasteiger partial charge on any atom is 0.573 e. The van der Waals surface area contributed by atoms with Gasteiger partial charge in [-0.1, -0.05) is 42.1 Å². The van der Waals surface area contributed by atoms with Crippen LogP contribution in [0.4, 0.5) is 33.3 Å². The molecule has 0 atom stereocenters. The van der Waals surface area contributed by atoms with Gasteiger partial charge in [-0.15, -0.1) is 18.3 Å². The van der Waals surface area contributed by atoms with Crippen LogP contribution < -0.4 is 15.4 Å². The van der Waals surface area contributed by atoms with Crippen molar-refractivity contribution < 1.29 is 26.7 Å². The molecule has 3 aromatic rings. The third-order valence-electron chi connectivity index (χ3n) is 5.01. The fourth-order valence-corrected chi connectivity index (χ4v) is 4.19. The molecule has 3 aromatic carbocycles. The van der Waals surface area contributed by atoms with Gasteiger partial charge in [-0.25, -0.2) is 18.8 Å². The summed E-state index contributed by atoms with van der Waals surface area (Å²) >= 11 is 1.35. The van der Waals surface area contributed by atoms with Crippen LogP contribution >= 0.6 is 11.8 Å². The summed E-state index contributed by atoms with van der Waals surface area (Å²) in [7, 11) is 0. The number of hydrogen-bond donors (Lipinski definition) is 1. The Hall–Kier alpha value is -4.26. The first-order valence-electron chi connectivity index (χ1n) is 11.0. The predicted octanol–water partition coefficient (Wildman–Crippen LogP) is 5.87. The highest BCUT2D eigenvalue weighted by atomic mass is 32.2. The van der Waals surface area contributed by atoms with Crippen LogP contribution in [0.25, 0.3) is 0 Å². The monoisotopic (exact) mass is 546 g/mol. The summed E-state index contributed by atoms with van der Waals surface area (Å²) in [5.74, 6) is -0.904. The summed E-state index contributed by atoms with van der Waals surface area (Å²) in [6.45, 7) is 0.408. The summed E-state index contributed by atoms with van der Waals surface area (Å²) < 4.78 is 68.7. The molecule has 0 amide bonds. The van der Waals surface area contributed by atoms with E-state index in [9.17, 15) is 22.0 Å². The molecule has 38 heavy (non-hydrogen) atoms. The zero-order valence-electron chi connectivity index (χ0n) is 19.4. The molecule has 0 bridgehead atoms. The number of aliphatic imine (C=N–C) groups is 2. The van der Waals surface area contributed by atoms with Crippen molar-refractivity contribution in [1.29, 1.82) is 0 Å². The van der Waals surface area contributed by atoms with Crippen molar-refractivity contribution in [2.75, 3.05) is 17.2 Å². The van der Waals surface area contributed by atoms with Crippen LogP contribution in [0.2, 0.25) is 0 Å². The SMILES string of the molecule is NC(=NC=Nc1ccc(OC(F)(F)F)cc1)c1ccc(/C=N\N=C2\SCCN2c2c(F)cccc2F)cc1. The van der Waals surface area contributed by atoms with E-state index in [1.54, 1.807) is 24.3 Å². The van der Waals surface area contributed by atoms with Crippen molar-refractivity contribution in [3.8, 4) is 5.75 Å². The maximum absolute atomic E-state index is 14.1. The van der Waals surface area contributed by atoms with E-state index >= 15 is 0 Å². The van der Waals surface area contributed by atoms with Gasteiger partial charge in [0.1, 0.15) is 35.2 Å². The van der Waals surface area contributed by atoms with Crippen LogP contribution in [0.5, 0.6) is 5.75 Å².